The normalized spacial score (nSPS) is 19.9. The molecule has 1 atom stereocenters. The van der Waals surface area contributed by atoms with Crippen molar-refractivity contribution in [3.05, 3.63) is 53.3 Å². The van der Waals surface area contributed by atoms with E-state index in [1.54, 1.807) is 9.58 Å². The molecular formula is C18H20N4O2. The zero-order valence-electron chi connectivity index (χ0n) is 13.7. The molecule has 1 fully saturated rings. The van der Waals surface area contributed by atoms with E-state index in [0.717, 1.165) is 36.1 Å². The molecule has 0 unspecified atom stereocenters. The number of amides is 2. The Morgan fingerprint density at radius 1 is 1.33 bits per heavy atom. The Morgan fingerprint density at radius 3 is 2.92 bits per heavy atom. The van der Waals surface area contributed by atoms with Crippen LogP contribution in [-0.4, -0.2) is 44.5 Å². The van der Waals surface area contributed by atoms with E-state index in [2.05, 4.69) is 5.10 Å². The van der Waals surface area contributed by atoms with Gasteiger partial charge >= 0.3 is 0 Å². The first-order valence-electron chi connectivity index (χ1n) is 8.28. The molecule has 2 aliphatic rings. The van der Waals surface area contributed by atoms with Crippen molar-refractivity contribution >= 4 is 11.8 Å². The average Bonchev–Trinajstić information content (AvgIpc) is 3.28. The second kappa shape index (κ2) is 5.78. The van der Waals surface area contributed by atoms with Crippen molar-refractivity contribution in [3.63, 3.8) is 0 Å². The SMILES string of the molecule is Cn1cc([C@@H]2CCCN2C(=O)CN2Cc3ccccc3C2=O)cn1. The molecular weight excluding hydrogens is 304 g/mol. The molecule has 6 nitrogen and oxygen atoms in total. The van der Waals surface area contributed by atoms with E-state index < -0.39 is 0 Å². The monoisotopic (exact) mass is 324 g/mol. The molecule has 0 aliphatic carbocycles. The van der Waals surface area contributed by atoms with Crippen LogP contribution in [0.25, 0.3) is 0 Å². The van der Waals surface area contributed by atoms with E-state index in [1.807, 2.05) is 48.6 Å². The number of aromatic nitrogens is 2. The summed E-state index contributed by atoms with van der Waals surface area (Å²) in [6, 6.07) is 7.64. The summed E-state index contributed by atoms with van der Waals surface area (Å²) in [4.78, 5) is 28.8. The smallest absolute Gasteiger partial charge is 0.254 e. The maximum Gasteiger partial charge on any atom is 0.254 e. The highest BCUT2D eigenvalue weighted by atomic mass is 16.2. The van der Waals surface area contributed by atoms with Gasteiger partial charge in [-0.05, 0) is 24.5 Å². The second-order valence-electron chi connectivity index (χ2n) is 6.51. The highest BCUT2D eigenvalue weighted by Crippen LogP contribution is 2.32. The Morgan fingerprint density at radius 2 is 2.17 bits per heavy atom. The van der Waals surface area contributed by atoms with Gasteiger partial charge in [0.1, 0.15) is 6.54 Å². The highest BCUT2D eigenvalue weighted by Gasteiger charge is 2.34. The Bertz CT molecular complexity index is 798. The Kier molecular flexibility index (Phi) is 3.59. The van der Waals surface area contributed by atoms with Crippen LogP contribution in [-0.2, 0) is 18.4 Å². The molecule has 1 saturated heterocycles. The summed E-state index contributed by atoms with van der Waals surface area (Å²) in [5, 5.41) is 4.21. The maximum absolute atomic E-state index is 12.8. The molecule has 0 saturated carbocycles. The first kappa shape index (κ1) is 14.9. The molecule has 124 valence electrons. The molecule has 0 N–H and O–H groups in total. The first-order chi connectivity index (χ1) is 11.6. The fraction of sp³-hybridized carbons (Fsp3) is 0.389. The fourth-order valence-corrected chi connectivity index (χ4v) is 3.72. The van der Waals surface area contributed by atoms with Crippen molar-refractivity contribution in [2.24, 2.45) is 7.05 Å². The number of benzene rings is 1. The molecule has 0 bridgehead atoms. The van der Waals surface area contributed by atoms with Gasteiger partial charge in [-0.15, -0.1) is 0 Å². The minimum Gasteiger partial charge on any atom is -0.334 e. The van der Waals surface area contributed by atoms with Crippen LogP contribution in [0.4, 0.5) is 0 Å². The van der Waals surface area contributed by atoms with Crippen LogP contribution in [0, 0.1) is 0 Å². The summed E-state index contributed by atoms with van der Waals surface area (Å²) in [6.07, 6.45) is 5.73. The van der Waals surface area contributed by atoms with Gasteiger partial charge in [-0.1, -0.05) is 18.2 Å². The van der Waals surface area contributed by atoms with Gasteiger partial charge in [-0.2, -0.15) is 5.10 Å². The van der Waals surface area contributed by atoms with Crippen LogP contribution in [0.3, 0.4) is 0 Å². The molecule has 1 aromatic heterocycles. The van der Waals surface area contributed by atoms with Crippen molar-refractivity contribution in [3.8, 4) is 0 Å². The molecule has 2 aliphatic heterocycles. The average molecular weight is 324 g/mol. The van der Waals surface area contributed by atoms with E-state index in [0.29, 0.717) is 6.54 Å². The minimum absolute atomic E-state index is 0.0162. The fourth-order valence-electron chi connectivity index (χ4n) is 3.72. The molecule has 0 spiro atoms. The Labute approximate surface area is 140 Å². The number of aryl methyl sites for hydroxylation is 1. The van der Waals surface area contributed by atoms with Crippen molar-refractivity contribution in [1.82, 2.24) is 19.6 Å². The lowest BCUT2D eigenvalue weighted by molar-refractivity contribution is -0.132. The van der Waals surface area contributed by atoms with Crippen LogP contribution < -0.4 is 0 Å². The van der Waals surface area contributed by atoms with Crippen LogP contribution in [0.15, 0.2) is 36.7 Å². The lowest BCUT2D eigenvalue weighted by Crippen LogP contribution is -2.40. The molecule has 2 aromatic rings. The Hall–Kier alpha value is -2.63. The molecule has 1 aromatic carbocycles. The second-order valence-corrected chi connectivity index (χ2v) is 6.51. The van der Waals surface area contributed by atoms with Gasteiger partial charge in [0, 0.05) is 37.5 Å². The van der Waals surface area contributed by atoms with Gasteiger partial charge in [-0.3, -0.25) is 14.3 Å². The number of nitrogens with zero attached hydrogens (tertiary/aromatic N) is 4. The minimum atomic E-state index is -0.0453. The lowest BCUT2D eigenvalue weighted by Gasteiger charge is -2.26. The van der Waals surface area contributed by atoms with Crippen LogP contribution in [0.5, 0.6) is 0 Å². The summed E-state index contributed by atoms with van der Waals surface area (Å²) in [7, 11) is 1.88. The predicted molar refractivity (Wildman–Crippen MR) is 88.1 cm³/mol. The van der Waals surface area contributed by atoms with Crippen molar-refractivity contribution in [2.45, 2.75) is 25.4 Å². The van der Waals surface area contributed by atoms with E-state index in [1.165, 1.54) is 0 Å². The van der Waals surface area contributed by atoms with Crippen molar-refractivity contribution < 1.29 is 9.59 Å². The van der Waals surface area contributed by atoms with Gasteiger partial charge in [0.25, 0.3) is 5.91 Å². The number of hydrogen-bond donors (Lipinski definition) is 0. The summed E-state index contributed by atoms with van der Waals surface area (Å²) in [5.74, 6) is -0.0291. The summed E-state index contributed by atoms with van der Waals surface area (Å²) in [5.41, 5.74) is 2.79. The zero-order chi connectivity index (χ0) is 16.7. The van der Waals surface area contributed by atoms with Gasteiger partial charge in [0.2, 0.25) is 5.91 Å². The van der Waals surface area contributed by atoms with E-state index in [9.17, 15) is 9.59 Å². The molecule has 0 radical (unpaired) electrons. The van der Waals surface area contributed by atoms with Crippen LogP contribution in [0.1, 0.15) is 40.4 Å². The maximum atomic E-state index is 12.8. The van der Waals surface area contributed by atoms with E-state index in [4.69, 9.17) is 0 Å². The topological polar surface area (TPSA) is 58.4 Å². The number of fused-ring (bicyclic) bond motifs is 1. The number of hydrogen-bond acceptors (Lipinski definition) is 3. The third-order valence-corrected chi connectivity index (χ3v) is 4.91. The van der Waals surface area contributed by atoms with Gasteiger partial charge < -0.3 is 9.80 Å². The molecule has 24 heavy (non-hydrogen) atoms. The molecule has 3 heterocycles. The van der Waals surface area contributed by atoms with E-state index >= 15 is 0 Å². The number of likely N-dealkylation sites (tertiary alicyclic amines) is 1. The summed E-state index contributed by atoms with van der Waals surface area (Å²) < 4.78 is 1.76. The first-order valence-corrected chi connectivity index (χ1v) is 8.28. The lowest BCUT2D eigenvalue weighted by atomic mass is 10.1. The Balaban J connectivity index is 1.48. The molecule has 6 heteroatoms. The summed E-state index contributed by atoms with van der Waals surface area (Å²) >= 11 is 0. The zero-order valence-corrected chi connectivity index (χ0v) is 13.7. The third-order valence-electron chi connectivity index (χ3n) is 4.91. The van der Waals surface area contributed by atoms with Crippen LogP contribution in [0.2, 0.25) is 0 Å². The largest absolute Gasteiger partial charge is 0.334 e. The number of rotatable bonds is 3. The summed E-state index contributed by atoms with van der Waals surface area (Å²) in [6.45, 7) is 1.41. The van der Waals surface area contributed by atoms with Gasteiger partial charge in [-0.25, -0.2) is 0 Å². The quantitative estimate of drug-likeness (QED) is 0.864. The molecule has 4 rings (SSSR count). The number of carbonyl (C=O) groups is 2. The van der Waals surface area contributed by atoms with Crippen LogP contribution >= 0.6 is 0 Å². The standard InChI is InChI=1S/C18H20N4O2/c1-20-10-14(9-19-20)16-7-4-8-22(16)17(23)12-21-11-13-5-2-3-6-15(13)18(21)24/h2-3,5-6,9-10,16H,4,7-8,11-12H2,1H3/t16-/m0/s1. The predicted octanol–water partition coefficient (Wildman–Crippen LogP) is 1.74. The van der Waals surface area contributed by atoms with E-state index in [-0.39, 0.29) is 24.4 Å². The number of carbonyl (C=O) groups excluding carboxylic acids is 2. The van der Waals surface area contributed by atoms with Gasteiger partial charge in [0.05, 0.1) is 12.2 Å². The third kappa shape index (κ3) is 2.48. The van der Waals surface area contributed by atoms with Crippen molar-refractivity contribution in [2.75, 3.05) is 13.1 Å². The molecule has 2 amide bonds. The van der Waals surface area contributed by atoms with Gasteiger partial charge in [0.15, 0.2) is 0 Å². The highest BCUT2D eigenvalue weighted by molar-refractivity contribution is 6.00. The van der Waals surface area contributed by atoms with Crippen molar-refractivity contribution in [1.29, 1.82) is 0 Å².